The Balaban J connectivity index is 1.82. The highest BCUT2D eigenvalue weighted by Crippen LogP contribution is 2.37. The van der Waals surface area contributed by atoms with Crippen molar-refractivity contribution in [3.63, 3.8) is 0 Å². The largest absolute Gasteiger partial charge is 0.494 e. The van der Waals surface area contributed by atoms with Crippen LogP contribution in [0.2, 0.25) is 0 Å². The predicted molar refractivity (Wildman–Crippen MR) is 146 cm³/mol. The van der Waals surface area contributed by atoms with E-state index in [1.54, 1.807) is 36.4 Å². The summed E-state index contributed by atoms with van der Waals surface area (Å²) < 4.78 is 84.5. The summed E-state index contributed by atoms with van der Waals surface area (Å²) in [6, 6.07) is 12.4. The topological polar surface area (TPSA) is 172 Å². The third-order valence-electron chi connectivity index (χ3n) is 5.81. The number of para-hydroxylation sites is 1. The molecular weight excluding hydrogens is 581 g/mol. The van der Waals surface area contributed by atoms with Gasteiger partial charge in [0.05, 0.1) is 38.1 Å². The van der Waals surface area contributed by atoms with Crippen LogP contribution in [0.3, 0.4) is 0 Å². The minimum atomic E-state index is -4.44. The first-order chi connectivity index (χ1) is 19.4. The Morgan fingerprint density at radius 2 is 1.61 bits per heavy atom. The summed E-state index contributed by atoms with van der Waals surface area (Å²) in [7, 11) is -4.18. The number of aliphatic hydroxyl groups is 1. The summed E-state index contributed by atoms with van der Waals surface area (Å²) in [6.07, 6.45) is -1.02. The Bertz CT molecular complexity index is 1770. The fraction of sp³-hybridized carbons (Fsp3) is 0.240. The van der Waals surface area contributed by atoms with E-state index < -0.39 is 42.4 Å². The highest BCUT2D eigenvalue weighted by Gasteiger charge is 2.29. The number of aliphatic hydroxyl groups excluding tert-OH is 1. The fourth-order valence-corrected chi connectivity index (χ4v) is 6.06. The molecule has 0 spiro atoms. The third kappa shape index (κ3) is 6.39. The number of anilines is 1. The highest BCUT2D eigenvalue weighted by atomic mass is 32.2. The summed E-state index contributed by atoms with van der Waals surface area (Å²) in [6.45, 7) is 0. The Hall–Kier alpha value is -4.28. The van der Waals surface area contributed by atoms with Crippen molar-refractivity contribution in [2.24, 2.45) is 0 Å². The van der Waals surface area contributed by atoms with Crippen LogP contribution in [0, 0.1) is 5.82 Å². The van der Waals surface area contributed by atoms with Gasteiger partial charge < -0.3 is 19.3 Å². The molecule has 2 heterocycles. The van der Waals surface area contributed by atoms with Crippen LogP contribution < -0.4 is 18.9 Å². The summed E-state index contributed by atoms with van der Waals surface area (Å²) in [5.74, 6) is -1.28. The maximum Gasteiger partial charge on any atom is 0.243 e. The Morgan fingerprint density at radius 1 is 0.951 bits per heavy atom. The second kappa shape index (κ2) is 11.7. The minimum Gasteiger partial charge on any atom is -0.494 e. The van der Waals surface area contributed by atoms with Crippen molar-refractivity contribution in [2.75, 3.05) is 38.1 Å². The van der Waals surface area contributed by atoms with Crippen LogP contribution in [0.1, 0.15) is 11.7 Å². The molecule has 0 aliphatic rings. The van der Waals surface area contributed by atoms with E-state index in [1.165, 1.54) is 25.9 Å². The number of hydrogen-bond donors (Lipinski definition) is 2. The van der Waals surface area contributed by atoms with Gasteiger partial charge in [0.2, 0.25) is 21.9 Å². The summed E-state index contributed by atoms with van der Waals surface area (Å²) in [4.78, 5) is 3.83. The van der Waals surface area contributed by atoms with E-state index >= 15 is 0 Å². The molecule has 0 saturated carbocycles. The molecule has 4 rings (SSSR count). The molecule has 0 bridgehead atoms. The lowest BCUT2D eigenvalue weighted by Gasteiger charge is -2.18. The molecule has 2 N–H and O–H groups in total. The van der Waals surface area contributed by atoms with Gasteiger partial charge in [-0.25, -0.2) is 26.2 Å². The van der Waals surface area contributed by atoms with Crippen LogP contribution in [0.15, 0.2) is 59.5 Å². The second-order valence-electron chi connectivity index (χ2n) is 8.61. The maximum atomic E-state index is 13.8. The van der Waals surface area contributed by atoms with Crippen molar-refractivity contribution in [1.29, 1.82) is 0 Å². The number of pyridine rings is 1. The smallest absolute Gasteiger partial charge is 0.243 e. The van der Waals surface area contributed by atoms with E-state index in [0.29, 0.717) is 6.07 Å². The van der Waals surface area contributed by atoms with Gasteiger partial charge in [0, 0.05) is 17.9 Å². The average molecular weight is 608 g/mol. The van der Waals surface area contributed by atoms with Gasteiger partial charge in [-0.1, -0.05) is 18.2 Å². The van der Waals surface area contributed by atoms with Gasteiger partial charge in [0.15, 0.2) is 15.7 Å². The van der Waals surface area contributed by atoms with Crippen molar-refractivity contribution >= 4 is 25.8 Å². The lowest BCUT2D eigenvalue weighted by atomic mass is 10.1. The van der Waals surface area contributed by atoms with Crippen molar-refractivity contribution in [3.8, 4) is 34.6 Å². The zero-order chi connectivity index (χ0) is 29.9. The van der Waals surface area contributed by atoms with Crippen molar-refractivity contribution in [1.82, 2.24) is 19.7 Å². The van der Waals surface area contributed by atoms with Crippen molar-refractivity contribution in [2.45, 2.75) is 11.0 Å². The molecule has 2 aromatic heterocycles. The molecule has 218 valence electrons. The molecule has 1 unspecified atom stereocenters. The number of aromatic nitrogens is 4. The molecule has 41 heavy (non-hydrogen) atoms. The van der Waals surface area contributed by atoms with E-state index in [-0.39, 0.29) is 46.1 Å². The number of sulfonamides is 1. The Kier molecular flexibility index (Phi) is 8.46. The van der Waals surface area contributed by atoms with Crippen LogP contribution in [-0.2, 0) is 19.9 Å². The zero-order valence-corrected chi connectivity index (χ0v) is 23.9. The molecule has 0 radical (unpaired) electrons. The van der Waals surface area contributed by atoms with Gasteiger partial charge >= 0.3 is 0 Å². The minimum absolute atomic E-state index is 0.0860. The first-order valence-electron chi connectivity index (χ1n) is 11.7. The molecule has 1 atom stereocenters. The standard InChI is InChI=1S/C25H26FN5O8S2/c1-37-19-8-6-9-20(38-2)23(19)31-24(17-7-5-10-22(27-17)39-3)28-29-25(31)30-41(35,36)14-18(32)16-12-11-15(26)13-21(16)40(4,33)34/h5-13,18,32H,14H2,1-4H3,(H,29,30). The summed E-state index contributed by atoms with van der Waals surface area (Å²) in [5, 5.41) is 18.9. The van der Waals surface area contributed by atoms with E-state index in [4.69, 9.17) is 14.2 Å². The second-order valence-corrected chi connectivity index (χ2v) is 12.4. The number of sulfone groups is 1. The quantitative estimate of drug-likeness (QED) is 0.256. The number of ether oxygens (including phenoxy) is 3. The molecule has 2 aromatic carbocycles. The Morgan fingerprint density at radius 3 is 2.22 bits per heavy atom. The van der Waals surface area contributed by atoms with Crippen molar-refractivity contribution < 1.29 is 40.5 Å². The molecule has 0 amide bonds. The molecule has 4 aromatic rings. The first-order valence-corrected chi connectivity index (χ1v) is 15.3. The molecule has 0 aliphatic heterocycles. The van der Waals surface area contributed by atoms with Crippen LogP contribution in [-0.4, -0.2) is 75.0 Å². The monoisotopic (exact) mass is 607 g/mol. The summed E-state index contributed by atoms with van der Waals surface area (Å²) >= 11 is 0. The van der Waals surface area contributed by atoms with Crippen LogP contribution in [0.4, 0.5) is 10.3 Å². The number of rotatable bonds is 11. The van der Waals surface area contributed by atoms with E-state index in [2.05, 4.69) is 19.9 Å². The maximum absolute atomic E-state index is 13.8. The molecular formula is C25H26FN5O8S2. The van der Waals surface area contributed by atoms with E-state index in [1.807, 2.05) is 0 Å². The van der Waals surface area contributed by atoms with Gasteiger partial charge in [0.25, 0.3) is 0 Å². The van der Waals surface area contributed by atoms with Crippen molar-refractivity contribution in [3.05, 3.63) is 66.0 Å². The lowest BCUT2D eigenvalue weighted by Crippen LogP contribution is -2.24. The van der Waals surface area contributed by atoms with Gasteiger partial charge in [-0.15, -0.1) is 10.2 Å². The van der Waals surface area contributed by atoms with Gasteiger partial charge in [-0.05, 0) is 30.3 Å². The van der Waals surface area contributed by atoms with E-state index in [0.717, 1.165) is 18.4 Å². The number of halogens is 1. The first kappa shape index (κ1) is 29.7. The number of methoxy groups -OCH3 is 3. The van der Waals surface area contributed by atoms with Gasteiger partial charge in [-0.2, -0.15) is 0 Å². The van der Waals surface area contributed by atoms with Crippen LogP contribution >= 0.6 is 0 Å². The van der Waals surface area contributed by atoms with Crippen LogP contribution in [0.25, 0.3) is 17.2 Å². The fourth-order valence-electron chi connectivity index (χ4n) is 4.02. The lowest BCUT2D eigenvalue weighted by molar-refractivity contribution is 0.198. The van der Waals surface area contributed by atoms with Gasteiger partial charge in [-0.3, -0.25) is 9.29 Å². The number of nitrogens with one attached hydrogen (secondary N) is 1. The predicted octanol–water partition coefficient (Wildman–Crippen LogP) is 2.37. The molecule has 0 aliphatic carbocycles. The molecule has 0 saturated heterocycles. The SMILES string of the molecule is COc1cccc(-c2nnc(NS(=O)(=O)CC(O)c3ccc(F)cc3S(C)(=O)=O)n2-c2c(OC)cccc2OC)n1. The van der Waals surface area contributed by atoms with Crippen LogP contribution in [0.5, 0.6) is 17.4 Å². The summed E-state index contributed by atoms with van der Waals surface area (Å²) in [5.41, 5.74) is 0.214. The molecule has 16 heteroatoms. The van der Waals surface area contributed by atoms with E-state index in [9.17, 15) is 26.3 Å². The number of nitrogens with zero attached hydrogens (tertiary/aromatic N) is 4. The third-order valence-corrected chi connectivity index (χ3v) is 8.21. The number of hydrogen-bond acceptors (Lipinski definition) is 11. The average Bonchev–Trinajstić information content (AvgIpc) is 3.33. The highest BCUT2D eigenvalue weighted by molar-refractivity contribution is 7.92. The molecule has 13 nitrogen and oxygen atoms in total. The normalized spacial score (nSPS) is 12.5. The molecule has 0 fully saturated rings. The number of benzene rings is 2. The van der Waals surface area contributed by atoms with Gasteiger partial charge in [0.1, 0.15) is 28.7 Å². The Labute approximate surface area is 235 Å². The zero-order valence-electron chi connectivity index (χ0n) is 22.3.